The molecule has 0 aliphatic carbocycles. The molecule has 0 atom stereocenters. The third-order valence-electron chi connectivity index (χ3n) is 3.47. The molecule has 5 heteroatoms. The smallest absolute Gasteiger partial charge is 0.221 e. The van der Waals surface area contributed by atoms with Gasteiger partial charge in [-0.1, -0.05) is 31.5 Å². The Hall–Kier alpha value is -2.40. The van der Waals surface area contributed by atoms with Crippen molar-refractivity contribution in [3.63, 3.8) is 0 Å². The van der Waals surface area contributed by atoms with Crippen LogP contribution in [0.3, 0.4) is 0 Å². The number of hydrogen-bond acceptors (Lipinski definition) is 2. The van der Waals surface area contributed by atoms with Crippen molar-refractivity contribution in [1.82, 2.24) is 0 Å². The second kappa shape index (κ2) is 9.03. The molecule has 2 aromatic rings. The van der Waals surface area contributed by atoms with Crippen LogP contribution in [0.1, 0.15) is 32.3 Å². The van der Waals surface area contributed by atoms with Gasteiger partial charge in [0.2, 0.25) is 5.91 Å². The van der Waals surface area contributed by atoms with Gasteiger partial charge in [0.1, 0.15) is 0 Å². The fraction of sp³-hybridized carbons (Fsp3) is 0.263. The number of carbonyl (C=O) groups is 1. The van der Waals surface area contributed by atoms with Crippen molar-refractivity contribution in [2.75, 3.05) is 16.0 Å². The maximum absolute atomic E-state index is 11.1. The molecule has 2 aromatic carbocycles. The molecule has 0 unspecified atom stereocenters. The van der Waals surface area contributed by atoms with E-state index in [1.807, 2.05) is 36.4 Å². The van der Waals surface area contributed by atoms with Crippen molar-refractivity contribution in [1.29, 1.82) is 0 Å². The average molecular weight is 341 g/mol. The summed E-state index contributed by atoms with van der Waals surface area (Å²) >= 11 is 5.34. The fourth-order valence-electron chi connectivity index (χ4n) is 2.31. The summed E-state index contributed by atoms with van der Waals surface area (Å²) in [6.45, 7) is 3.68. The van der Waals surface area contributed by atoms with Gasteiger partial charge in [-0.05, 0) is 61.0 Å². The van der Waals surface area contributed by atoms with Crippen LogP contribution in [0.5, 0.6) is 0 Å². The van der Waals surface area contributed by atoms with E-state index in [1.54, 1.807) is 0 Å². The Bertz CT molecular complexity index is 698. The zero-order valence-electron chi connectivity index (χ0n) is 14.1. The molecule has 0 spiro atoms. The zero-order valence-corrected chi connectivity index (χ0v) is 14.9. The van der Waals surface area contributed by atoms with Gasteiger partial charge < -0.3 is 16.0 Å². The highest BCUT2D eigenvalue weighted by Crippen LogP contribution is 2.16. The Balaban J connectivity index is 1.92. The topological polar surface area (TPSA) is 53.2 Å². The van der Waals surface area contributed by atoms with Gasteiger partial charge in [-0.3, -0.25) is 4.79 Å². The average Bonchev–Trinajstić information content (AvgIpc) is 2.54. The Kier molecular flexibility index (Phi) is 6.75. The predicted molar refractivity (Wildman–Crippen MR) is 106 cm³/mol. The van der Waals surface area contributed by atoms with Crippen molar-refractivity contribution in [3.05, 3.63) is 54.1 Å². The van der Waals surface area contributed by atoms with E-state index in [1.165, 1.54) is 25.3 Å². The Morgan fingerprint density at radius 3 is 2.21 bits per heavy atom. The van der Waals surface area contributed by atoms with Gasteiger partial charge >= 0.3 is 0 Å². The normalized spacial score (nSPS) is 10.1. The van der Waals surface area contributed by atoms with Crippen LogP contribution in [0.25, 0.3) is 0 Å². The Labute approximate surface area is 148 Å². The quantitative estimate of drug-likeness (QED) is 0.661. The number of thiocarbonyl (C=S) groups is 1. The summed E-state index contributed by atoms with van der Waals surface area (Å²) in [7, 11) is 0. The summed E-state index contributed by atoms with van der Waals surface area (Å²) in [5.74, 6) is -0.101. The minimum absolute atomic E-state index is 0.101. The van der Waals surface area contributed by atoms with Crippen LogP contribution in [-0.4, -0.2) is 11.0 Å². The van der Waals surface area contributed by atoms with Crippen molar-refractivity contribution < 1.29 is 4.79 Å². The summed E-state index contributed by atoms with van der Waals surface area (Å²) in [6, 6.07) is 15.7. The second-order valence-electron chi connectivity index (χ2n) is 5.64. The minimum Gasteiger partial charge on any atom is -0.332 e. The van der Waals surface area contributed by atoms with Crippen molar-refractivity contribution in [3.8, 4) is 0 Å². The van der Waals surface area contributed by atoms with Crippen molar-refractivity contribution >= 4 is 40.3 Å². The molecule has 0 aliphatic heterocycles. The third-order valence-corrected chi connectivity index (χ3v) is 3.68. The molecule has 0 bridgehead atoms. The first-order valence-electron chi connectivity index (χ1n) is 8.11. The maximum Gasteiger partial charge on any atom is 0.221 e. The SMILES string of the molecule is CCCCc1ccc(NC(=S)Nc2cccc(NC(C)=O)c2)cc1. The van der Waals surface area contributed by atoms with Crippen LogP contribution < -0.4 is 16.0 Å². The monoisotopic (exact) mass is 341 g/mol. The van der Waals surface area contributed by atoms with E-state index >= 15 is 0 Å². The molecule has 0 saturated carbocycles. The molecule has 0 saturated heterocycles. The van der Waals surface area contributed by atoms with Gasteiger partial charge in [-0.2, -0.15) is 0 Å². The highest BCUT2D eigenvalue weighted by molar-refractivity contribution is 7.80. The molecule has 1 amide bonds. The van der Waals surface area contributed by atoms with Gasteiger partial charge in [-0.25, -0.2) is 0 Å². The zero-order chi connectivity index (χ0) is 17.4. The molecule has 0 aromatic heterocycles. The summed E-state index contributed by atoms with van der Waals surface area (Å²) in [5.41, 5.74) is 3.84. The van der Waals surface area contributed by atoms with Crippen molar-refractivity contribution in [2.24, 2.45) is 0 Å². The van der Waals surface area contributed by atoms with E-state index in [2.05, 4.69) is 35.0 Å². The first-order chi connectivity index (χ1) is 11.6. The number of nitrogens with one attached hydrogen (secondary N) is 3. The molecular weight excluding hydrogens is 318 g/mol. The molecule has 3 N–H and O–H groups in total. The van der Waals surface area contributed by atoms with Crippen LogP contribution in [0, 0.1) is 0 Å². The van der Waals surface area contributed by atoms with E-state index in [0.717, 1.165) is 23.5 Å². The van der Waals surface area contributed by atoms with E-state index in [0.29, 0.717) is 5.11 Å². The lowest BCUT2D eigenvalue weighted by Crippen LogP contribution is -2.19. The van der Waals surface area contributed by atoms with E-state index < -0.39 is 0 Å². The van der Waals surface area contributed by atoms with Gasteiger partial charge in [0.05, 0.1) is 0 Å². The third kappa shape index (κ3) is 6.01. The number of amides is 1. The molecule has 24 heavy (non-hydrogen) atoms. The Morgan fingerprint density at radius 1 is 0.958 bits per heavy atom. The lowest BCUT2D eigenvalue weighted by molar-refractivity contribution is -0.114. The standard InChI is InChI=1S/C19H23N3OS/c1-3-4-6-15-9-11-16(12-10-15)21-19(24)22-18-8-5-7-17(13-18)20-14(2)23/h5,7-13H,3-4,6H2,1-2H3,(H,20,23)(H2,21,22,24). The molecule has 126 valence electrons. The predicted octanol–water partition coefficient (Wildman–Crippen LogP) is 4.80. The maximum atomic E-state index is 11.1. The summed E-state index contributed by atoms with van der Waals surface area (Å²) in [6.07, 6.45) is 3.51. The van der Waals surface area contributed by atoms with Crippen LogP contribution in [-0.2, 0) is 11.2 Å². The number of anilines is 3. The van der Waals surface area contributed by atoms with Gasteiger partial charge in [-0.15, -0.1) is 0 Å². The van der Waals surface area contributed by atoms with Gasteiger partial charge in [0.25, 0.3) is 0 Å². The molecule has 0 heterocycles. The van der Waals surface area contributed by atoms with Crippen LogP contribution in [0.2, 0.25) is 0 Å². The van der Waals surface area contributed by atoms with Crippen LogP contribution in [0.15, 0.2) is 48.5 Å². The summed E-state index contributed by atoms with van der Waals surface area (Å²) in [5, 5.41) is 9.55. The van der Waals surface area contributed by atoms with Crippen molar-refractivity contribution in [2.45, 2.75) is 33.1 Å². The number of unbranched alkanes of at least 4 members (excludes halogenated alkanes) is 1. The second-order valence-corrected chi connectivity index (χ2v) is 6.05. The number of aryl methyl sites for hydroxylation is 1. The van der Waals surface area contributed by atoms with Gasteiger partial charge in [0.15, 0.2) is 5.11 Å². The number of hydrogen-bond donors (Lipinski definition) is 3. The van der Waals surface area contributed by atoms with E-state index in [4.69, 9.17) is 12.2 Å². The number of benzene rings is 2. The highest BCUT2D eigenvalue weighted by atomic mass is 32.1. The molecule has 4 nitrogen and oxygen atoms in total. The lowest BCUT2D eigenvalue weighted by Gasteiger charge is -2.12. The Morgan fingerprint density at radius 2 is 1.58 bits per heavy atom. The molecule has 0 radical (unpaired) electrons. The molecule has 0 fully saturated rings. The number of rotatable bonds is 6. The van der Waals surface area contributed by atoms with Crippen LogP contribution in [0.4, 0.5) is 17.1 Å². The van der Waals surface area contributed by atoms with Gasteiger partial charge in [0, 0.05) is 24.0 Å². The van der Waals surface area contributed by atoms with E-state index in [-0.39, 0.29) is 5.91 Å². The molecular formula is C19H23N3OS. The summed E-state index contributed by atoms with van der Waals surface area (Å²) < 4.78 is 0. The first kappa shape index (κ1) is 17.9. The lowest BCUT2D eigenvalue weighted by atomic mass is 10.1. The minimum atomic E-state index is -0.101. The fourth-order valence-corrected chi connectivity index (χ4v) is 2.54. The summed E-state index contributed by atoms with van der Waals surface area (Å²) in [4.78, 5) is 11.1. The van der Waals surface area contributed by atoms with E-state index in [9.17, 15) is 4.79 Å². The largest absolute Gasteiger partial charge is 0.332 e. The van der Waals surface area contributed by atoms with Crippen LogP contribution >= 0.6 is 12.2 Å². The number of carbonyl (C=O) groups excluding carboxylic acids is 1. The first-order valence-corrected chi connectivity index (χ1v) is 8.52. The molecule has 0 aliphatic rings. The molecule has 2 rings (SSSR count). The highest BCUT2D eigenvalue weighted by Gasteiger charge is 2.02.